The third-order valence-corrected chi connectivity index (χ3v) is 7.85. The van der Waals surface area contributed by atoms with E-state index < -0.39 is 5.97 Å². The number of thioether (sulfide) groups is 1. The number of amides is 1. The van der Waals surface area contributed by atoms with Crippen molar-refractivity contribution in [1.29, 1.82) is 0 Å². The number of rotatable bonds is 5. The quantitative estimate of drug-likeness (QED) is 0.567. The van der Waals surface area contributed by atoms with Crippen LogP contribution in [-0.2, 0) is 29.1 Å². The third kappa shape index (κ3) is 3.34. The van der Waals surface area contributed by atoms with Crippen LogP contribution >= 0.6 is 23.1 Å². The van der Waals surface area contributed by atoms with E-state index in [1.54, 1.807) is 23.9 Å². The number of carboxylic acids is 1. The molecule has 0 unspecified atom stereocenters. The van der Waals surface area contributed by atoms with Gasteiger partial charge in [-0.05, 0) is 41.8 Å². The van der Waals surface area contributed by atoms with Crippen LogP contribution in [0.3, 0.4) is 0 Å². The Morgan fingerprint density at radius 2 is 2.13 bits per heavy atom. The van der Waals surface area contributed by atoms with Gasteiger partial charge in [0.2, 0.25) is 0 Å². The van der Waals surface area contributed by atoms with Crippen molar-refractivity contribution < 1.29 is 19.4 Å². The number of carboxylic acid groups (broad SMARTS) is 1. The van der Waals surface area contributed by atoms with Crippen LogP contribution in [0.2, 0.25) is 0 Å². The van der Waals surface area contributed by atoms with Crippen molar-refractivity contribution in [2.75, 3.05) is 13.7 Å². The smallest absolute Gasteiger partial charge is 0.353 e. The number of carbonyl (C=O) groups is 2. The molecule has 0 bridgehead atoms. The Bertz CT molecular complexity index is 1090. The summed E-state index contributed by atoms with van der Waals surface area (Å²) in [6.07, 6.45) is 2.94. The Kier molecular flexibility index (Phi) is 4.92. The summed E-state index contributed by atoms with van der Waals surface area (Å²) in [4.78, 5) is 29.9. The fourth-order valence-corrected chi connectivity index (χ4v) is 6.27. The second-order valence-electron chi connectivity index (χ2n) is 7.48. The average Bonchev–Trinajstić information content (AvgIpc) is 3.34. The van der Waals surface area contributed by atoms with Crippen molar-refractivity contribution in [3.8, 4) is 5.75 Å². The van der Waals surface area contributed by atoms with Gasteiger partial charge in [-0.3, -0.25) is 14.6 Å². The molecule has 1 atom stereocenters. The molecule has 30 heavy (non-hydrogen) atoms. The number of β-lactam (4-membered cyclic amide) rings is 1. The van der Waals surface area contributed by atoms with Crippen LogP contribution in [0.15, 0.2) is 47.0 Å². The number of nitrogens with zero attached hydrogens (tertiary/aromatic N) is 2. The van der Waals surface area contributed by atoms with E-state index in [0.717, 1.165) is 36.7 Å². The van der Waals surface area contributed by atoms with Gasteiger partial charge >= 0.3 is 5.97 Å². The molecule has 2 aromatic rings. The van der Waals surface area contributed by atoms with Gasteiger partial charge in [-0.1, -0.05) is 12.1 Å². The van der Waals surface area contributed by atoms with E-state index in [1.165, 1.54) is 32.7 Å². The zero-order valence-corrected chi connectivity index (χ0v) is 18.0. The Morgan fingerprint density at radius 1 is 1.33 bits per heavy atom. The highest BCUT2D eigenvalue weighted by Gasteiger charge is 2.49. The number of carbonyl (C=O) groups excluding carboxylic acids is 1. The number of ether oxygens (including phenoxy) is 1. The van der Waals surface area contributed by atoms with Crippen LogP contribution in [0.25, 0.3) is 6.08 Å². The maximum absolute atomic E-state index is 12.4. The van der Waals surface area contributed by atoms with E-state index in [4.69, 9.17) is 4.74 Å². The first kappa shape index (κ1) is 19.4. The van der Waals surface area contributed by atoms with Crippen molar-refractivity contribution in [1.82, 2.24) is 9.80 Å². The number of thiophene rings is 1. The Morgan fingerprint density at radius 3 is 2.87 bits per heavy atom. The summed E-state index contributed by atoms with van der Waals surface area (Å²) < 4.78 is 5.23. The summed E-state index contributed by atoms with van der Waals surface area (Å²) in [5.74, 6) is -0.391. The van der Waals surface area contributed by atoms with Crippen molar-refractivity contribution in [3.63, 3.8) is 0 Å². The van der Waals surface area contributed by atoms with Crippen LogP contribution in [0.1, 0.15) is 20.9 Å². The highest BCUT2D eigenvalue weighted by Crippen LogP contribution is 2.45. The molecule has 4 heterocycles. The monoisotopic (exact) mass is 440 g/mol. The zero-order chi connectivity index (χ0) is 20.8. The molecule has 1 fully saturated rings. The molecule has 3 aliphatic heterocycles. The minimum absolute atomic E-state index is 0.0757. The van der Waals surface area contributed by atoms with Gasteiger partial charge in [0, 0.05) is 34.8 Å². The second kappa shape index (κ2) is 7.61. The Hall–Kier alpha value is -2.55. The lowest BCUT2D eigenvalue weighted by Crippen LogP contribution is -2.51. The van der Waals surface area contributed by atoms with E-state index in [2.05, 4.69) is 23.1 Å². The molecule has 0 aliphatic carbocycles. The molecule has 5 rings (SSSR count). The van der Waals surface area contributed by atoms with Crippen LogP contribution in [0.4, 0.5) is 0 Å². The number of methoxy groups -OCH3 is 1. The van der Waals surface area contributed by atoms with Crippen molar-refractivity contribution >= 4 is 41.1 Å². The van der Waals surface area contributed by atoms with E-state index in [-0.39, 0.29) is 17.0 Å². The fraction of sp³-hybridized carbons (Fsp3) is 0.273. The minimum atomic E-state index is -1.05. The Labute approximate surface area is 182 Å². The highest BCUT2D eigenvalue weighted by molar-refractivity contribution is 8.03. The molecule has 1 N–H and O–H groups in total. The van der Waals surface area contributed by atoms with Gasteiger partial charge in [-0.25, -0.2) is 4.79 Å². The molecule has 0 radical (unpaired) electrons. The maximum atomic E-state index is 12.4. The first-order valence-corrected chi connectivity index (χ1v) is 11.4. The molecule has 6 nitrogen and oxygen atoms in total. The molecule has 8 heteroatoms. The van der Waals surface area contributed by atoms with E-state index in [0.29, 0.717) is 5.57 Å². The maximum Gasteiger partial charge on any atom is 0.353 e. The number of hydrogen-bond donors (Lipinski definition) is 1. The summed E-state index contributed by atoms with van der Waals surface area (Å²) in [6, 6.07) is 10.4. The molecular formula is C22H20N2O4S2. The summed E-state index contributed by atoms with van der Waals surface area (Å²) in [7, 11) is 1.67. The van der Waals surface area contributed by atoms with Crippen LogP contribution in [-0.4, -0.2) is 45.8 Å². The van der Waals surface area contributed by atoms with E-state index >= 15 is 0 Å². The van der Waals surface area contributed by atoms with Crippen LogP contribution in [0.5, 0.6) is 5.75 Å². The predicted octanol–water partition coefficient (Wildman–Crippen LogP) is 3.54. The zero-order valence-electron chi connectivity index (χ0n) is 16.3. The lowest BCUT2D eigenvalue weighted by Gasteiger charge is -2.37. The largest absolute Gasteiger partial charge is 0.497 e. The topological polar surface area (TPSA) is 70.1 Å². The van der Waals surface area contributed by atoms with Gasteiger partial charge in [-0.2, -0.15) is 0 Å². The molecule has 0 spiro atoms. The van der Waals surface area contributed by atoms with E-state index in [1.807, 2.05) is 18.2 Å². The second-order valence-corrected chi connectivity index (χ2v) is 9.60. The van der Waals surface area contributed by atoms with Gasteiger partial charge in [-0.15, -0.1) is 23.1 Å². The first-order valence-electron chi connectivity index (χ1n) is 9.64. The van der Waals surface area contributed by atoms with Gasteiger partial charge in [0.05, 0.1) is 12.7 Å². The van der Waals surface area contributed by atoms with Crippen molar-refractivity contribution in [2.24, 2.45) is 0 Å². The lowest BCUT2D eigenvalue weighted by molar-refractivity contribution is -0.141. The Balaban J connectivity index is 1.27. The molecule has 0 saturated carbocycles. The molecule has 3 aliphatic rings. The predicted molar refractivity (Wildman–Crippen MR) is 117 cm³/mol. The first-order chi connectivity index (χ1) is 14.5. The third-order valence-electron chi connectivity index (χ3n) is 5.58. The minimum Gasteiger partial charge on any atom is -0.497 e. The number of hydrogen-bond acceptors (Lipinski definition) is 6. The normalized spacial score (nSPS) is 21.8. The molecule has 1 aromatic heterocycles. The molecule has 1 aromatic carbocycles. The summed E-state index contributed by atoms with van der Waals surface area (Å²) in [5.41, 5.74) is 3.34. The van der Waals surface area contributed by atoms with Crippen molar-refractivity contribution in [2.45, 2.75) is 24.9 Å². The van der Waals surface area contributed by atoms with Crippen LogP contribution in [0, 0.1) is 0 Å². The van der Waals surface area contributed by atoms with Gasteiger partial charge in [0.1, 0.15) is 16.8 Å². The summed E-state index contributed by atoms with van der Waals surface area (Å²) in [6.45, 7) is 2.79. The standard InChI is InChI=1S/C22H20N2O4S2/c1-28-15-4-2-13(3-5-15)10-23-7-6-19-14(11-23)8-16(30-19)9-17-20(25)24-18(22(26)27)12-29-21(17)24/h2-5,8-9,12,21H,6-7,10-11H2,1H3,(H,26,27)/b17-9-/t21-/m1/s1. The number of benzene rings is 1. The fourth-order valence-electron chi connectivity index (χ4n) is 4.03. The highest BCUT2D eigenvalue weighted by atomic mass is 32.2. The van der Waals surface area contributed by atoms with Gasteiger partial charge < -0.3 is 9.84 Å². The average molecular weight is 441 g/mol. The van der Waals surface area contributed by atoms with Crippen LogP contribution < -0.4 is 4.74 Å². The summed E-state index contributed by atoms with van der Waals surface area (Å²) in [5, 5.41) is 10.6. The van der Waals surface area contributed by atoms with Gasteiger partial charge in [0.15, 0.2) is 0 Å². The molecule has 154 valence electrons. The lowest BCUT2D eigenvalue weighted by atomic mass is 10.0. The molecule has 1 saturated heterocycles. The number of aliphatic carboxylic acids is 1. The number of fused-ring (bicyclic) bond motifs is 2. The molecular weight excluding hydrogens is 420 g/mol. The van der Waals surface area contributed by atoms with E-state index in [9.17, 15) is 14.7 Å². The van der Waals surface area contributed by atoms with Crippen molar-refractivity contribution in [3.05, 3.63) is 67.9 Å². The SMILES string of the molecule is COc1ccc(CN2CCc3sc(/C=C4/C(=O)N5C(C(=O)O)=CS[C@H]45)cc3C2)cc1. The van der Waals surface area contributed by atoms with Gasteiger partial charge in [0.25, 0.3) is 5.91 Å². The summed E-state index contributed by atoms with van der Waals surface area (Å²) >= 11 is 3.12. The molecule has 1 amide bonds.